The largest absolute Gasteiger partial charge is 0.333 e. The highest BCUT2D eigenvalue weighted by Crippen LogP contribution is 2.23. The summed E-state index contributed by atoms with van der Waals surface area (Å²) in [5.41, 5.74) is 0. The maximum atomic E-state index is 12.4. The Balaban J connectivity index is 1.99. The van der Waals surface area contributed by atoms with E-state index in [1.165, 1.54) is 0 Å². The van der Waals surface area contributed by atoms with Crippen molar-refractivity contribution in [3.8, 4) is 0 Å². The lowest BCUT2D eigenvalue weighted by Gasteiger charge is -2.38. The molecule has 2 rings (SSSR count). The van der Waals surface area contributed by atoms with E-state index in [1.807, 2.05) is 0 Å². The molecule has 0 aromatic heterocycles. The summed E-state index contributed by atoms with van der Waals surface area (Å²) in [6.45, 7) is 7.98. The van der Waals surface area contributed by atoms with Crippen molar-refractivity contribution in [1.29, 1.82) is 0 Å². The number of likely N-dealkylation sites (tertiary alicyclic amines) is 1. The molecule has 2 saturated heterocycles. The third-order valence-corrected chi connectivity index (χ3v) is 4.44. The van der Waals surface area contributed by atoms with Gasteiger partial charge in [0.2, 0.25) is 0 Å². The Labute approximate surface area is 115 Å². The maximum absolute atomic E-state index is 12.4. The van der Waals surface area contributed by atoms with Crippen molar-refractivity contribution in [3.05, 3.63) is 0 Å². The molecule has 0 aromatic carbocycles. The molecule has 5 nitrogen and oxygen atoms in total. The van der Waals surface area contributed by atoms with Crippen LogP contribution in [0.2, 0.25) is 0 Å². The van der Waals surface area contributed by atoms with Gasteiger partial charge in [0.25, 0.3) is 0 Å². The molecular formula is C14H25N3O2. The van der Waals surface area contributed by atoms with Crippen LogP contribution in [0.1, 0.15) is 33.1 Å². The topological polar surface area (TPSA) is 52.7 Å². The highest BCUT2D eigenvalue weighted by atomic mass is 16.2. The molecule has 2 unspecified atom stereocenters. The number of piperidine rings is 1. The van der Waals surface area contributed by atoms with Crippen LogP contribution in [-0.2, 0) is 9.59 Å². The van der Waals surface area contributed by atoms with E-state index in [0.29, 0.717) is 19.0 Å². The van der Waals surface area contributed by atoms with E-state index in [2.05, 4.69) is 19.2 Å². The van der Waals surface area contributed by atoms with Crippen LogP contribution in [0.25, 0.3) is 0 Å². The molecule has 0 aliphatic carbocycles. The van der Waals surface area contributed by atoms with Gasteiger partial charge in [0.15, 0.2) is 0 Å². The first-order chi connectivity index (χ1) is 9.11. The minimum absolute atomic E-state index is 0.176. The minimum Gasteiger partial charge on any atom is -0.333 e. The van der Waals surface area contributed by atoms with Crippen LogP contribution in [0.15, 0.2) is 0 Å². The lowest BCUT2D eigenvalue weighted by Crippen LogP contribution is -2.52. The van der Waals surface area contributed by atoms with E-state index in [0.717, 1.165) is 38.9 Å². The van der Waals surface area contributed by atoms with Crippen molar-refractivity contribution in [1.82, 2.24) is 15.1 Å². The zero-order chi connectivity index (χ0) is 13.8. The van der Waals surface area contributed by atoms with Gasteiger partial charge in [-0.05, 0) is 38.6 Å². The Hall–Kier alpha value is -1.10. The first-order valence-corrected chi connectivity index (χ1v) is 7.42. The number of amides is 2. The maximum Gasteiger partial charge on any atom is 0.312 e. The average molecular weight is 267 g/mol. The summed E-state index contributed by atoms with van der Waals surface area (Å²) in [6.07, 6.45) is 3.07. The van der Waals surface area contributed by atoms with E-state index in [1.54, 1.807) is 9.80 Å². The molecule has 0 bridgehead atoms. The van der Waals surface area contributed by atoms with Gasteiger partial charge >= 0.3 is 11.8 Å². The van der Waals surface area contributed by atoms with Gasteiger partial charge in [-0.3, -0.25) is 9.59 Å². The van der Waals surface area contributed by atoms with Crippen LogP contribution < -0.4 is 5.32 Å². The van der Waals surface area contributed by atoms with E-state index < -0.39 is 0 Å². The molecule has 0 radical (unpaired) electrons. The van der Waals surface area contributed by atoms with Crippen molar-refractivity contribution in [2.75, 3.05) is 32.7 Å². The molecule has 2 aliphatic rings. The summed E-state index contributed by atoms with van der Waals surface area (Å²) in [7, 11) is 0. The fourth-order valence-corrected chi connectivity index (χ4v) is 2.93. The van der Waals surface area contributed by atoms with Crippen LogP contribution in [0.4, 0.5) is 0 Å². The van der Waals surface area contributed by atoms with E-state index in [9.17, 15) is 9.59 Å². The van der Waals surface area contributed by atoms with Gasteiger partial charge in [-0.1, -0.05) is 6.92 Å². The predicted molar refractivity (Wildman–Crippen MR) is 73.6 cm³/mol. The van der Waals surface area contributed by atoms with Crippen molar-refractivity contribution >= 4 is 11.8 Å². The molecule has 0 aromatic rings. The van der Waals surface area contributed by atoms with Gasteiger partial charge < -0.3 is 15.1 Å². The van der Waals surface area contributed by atoms with Gasteiger partial charge in [-0.2, -0.15) is 0 Å². The Morgan fingerprint density at radius 1 is 1.00 bits per heavy atom. The van der Waals surface area contributed by atoms with Crippen LogP contribution in [-0.4, -0.2) is 60.4 Å². The first kappa shape index (κ1) is 14.3. The molecule has 0 spiro atoms. The number of nitrogens with zero attached hydrogens (tertiary/aromatic N) is 2. The summed E-state index contributed by atoms with van der Waals surface area (Å²) in [4.78, 5) is 28.2. The van der Waals surface area contributed by atoms with Crippen molar-refractivity contribution < 1.29 is 9.59 Å². The number of carbonyl (C=O) groups excluding carboxylic acids is 2. The van der Waals surface area contributed by atoms with Gasteiger partial charge in [-0.15, -0.1) is 0 Å². The number of hydrogen-bond acceptors (Lipinski definition) is 3. The fraction of sp³-hybridized carbons (Fsp3) is 0.857. The summed E-state index contributed by atoms with van der Waals surface area (Å²) < 4.78 is 0. The number of hydrogen-bond donors (Lipinski definition) is 1. The van der Waals surface area contributed by atoms with Crippen LogP contribution in [0.3, 0.4) is 0 Å². The van der Waals surface area contributed by atoms with E-state index in [-0.39, 0.29) is 17.9 Å². The first-order valence-electron chi connectivity index (χ1n) is 7.42. The van der Waals surface area contributed by atoms with Crippen LogP contribution in [0.5, 0.6) is 0 Å². The van der Waals surface area contributed by atoms with Crippen molar-refractivity contribution in [2.45, 2.75) is 39.2 Å². The monoisotopic (exact) mass is 267 g/mol. The molecule has 5 heteroatoms. The molecule has 2 amide bonds. The highest BCUT2D eigenvalue weighted by Gasteiger charge is 2.34. The smallest absolute Gasteiger partial charge is 0.312 e. The molecule has 19 heavy (non-hydrogen) atoms. The zero-order valence-electron chi connectivity index (χ0n) is 12.0. The molecule has 2 fully saturated rings. The third kappa shape index (κ3) is 3.26. The zero-order valence-corrected chi connectivity index (χ0v) is 12.0. The Morgan fingerprint density at radius 3 is 2.58 bits per heavy atom. The second-order valence-electron chi connectivity index (χ2n) is 5.75. The SMILES string of the molecule is CC1CCCN(C(=O)C(=O)N2CCCNCC2)C1C. The summed E-state index contributed by atoms with van der Waals surface area (Å²) >= 11 is 0. The minimum atomic E-state index is -0.315. The van der Waals surface area contributed by atoms with E-state index >= 15 is 0 Å². The lowest BCUT2D eigenvalue weighted by molar-refractivity contribution is -0.154. The molecule has 2 heterocycles. The second-order valence-corrected chi connectivity index (χ2v) is 5.75. The van der Waals surface area contributed by atoms with E-state index in [4.69, 9.17) is 0 Å². The standard InChI is InChI=1S/C14H25N3O2/c1-11-5-3-9-17(12(11)2)14(19)13(18)16-8-4-6-15-7-10-16/h11-12,15H,3-10H2,1-2H3. The Morgan fingerprint density at radius 2 is 1.79 bits per heavy atom. The summed E-state index contributed by atoms with van der Waals surface area (Å²) in [5.74, 6) is -0.137. The number of carbonyl (C=O) groups is 2. The third-order valence-electron chi connectivity index (χ3n) is 4.44. The quantitative estimate of drug-likeness (QED) is 0.649. The summed E-state index contributed by atoms with van der Waals surface area (Å²) in [6, 6.07) is 0.176. The second kappa shape index (κ2) is 6.37. The molecule has 1 N–H and O–H groups in total. The molecule has 108 valence electrons. The predicted octanol–water partition coefficient (Wildman–Crippen LogP) is 0.455. The van der Waals surface area contributed by atoms with Crippen LogP contribution >= 0.6 is 0 Å². The highest BCUT2D eigenvalue weighted by molar-refractivity contribution is 6.35. The molecular weight excluding hydrogens is 242 g/mol. The van der Waals surface area contributed by atoms with Crippen LogP contribution in [0, 0.1) is 5.92 Å². The average Bonchev–Trinajstić information content (AvgIpc) is 2.69. The molecule has 0 saturated carbocycles. The summed E-state index contributed by atoms with van der Waals surface area (Å²) in [5, 5.41) is 3.25. The Kier molecular flexibility index (Phi) is 4.80. The van der Waals surface area contributed by atoms with Gasteiger partial charge in [0.05, 0.1) is 0 Å². The molecule has 2 atom stereocenters. The van der Waals surface area contributed by atoms with Gasteiger partial charge in [-0.25, -0.2) is 0 Å². The normalized spacial score (nSPS) is 28.9. The fourth-order valence-electron chi connectivity index (χ4n) is 2.93. The number of nitrogens with one attached hydrogen (secondary N) is 1. The lowest BCUT2D eigenvalue weighted by atomic mass is 9.92. The molecule has 2 aliphatic heterocycles. The number of rotatable bonds is 0. The van der Waals surface area contributed by atoms with Gasteiger partial charge in [0.1, 0.15) is 0 Å². The van der Waals surface area contributed by atoms with Crippen molar-refractivity contribution in [2.24, 2.45) is 5.92 Å². The Bertz CT molecular complexity index is 338. The van der Waals surface area contributed by atoms with Crippen molar-refractivity contribution in [3.63, 3.8) is 0 Å². The van der Waals surface area contributed by atoms with Gasteiger partial charge in [0, 0.05) is 32.2 Å².